The number of rotatable bonds is 7. The van der Waals surface area contributed by atoms with Crippen LogP contribution in [0.3, 0.4) is 0 Å². The topological polar surface area (TPSA) is 92.8 Å². The third-order valence-electron chi connectivity index (χ3n) is 4.21. The molecular weight excluding hydrogens is 344 g/mol. The largest absolute Gasteiger partial charge is 0.496 e. The third kappa shape index (κ3) is 5.74. The van der Waals surface area contributed by atoms with E-state index < -0.39 is 9.84 Å². The highest BCUT2D eigenvalue weighted by Gasteiger charge is 2.28. The van der Waals surface area contributed by atoms with E-state index in [1.165, 1.54) is 6.92 Å². The molecule has 138 valence electrons. The maximum Gasteiger partial charge on any atom is 0.222 e. The van der Waals surface area contributed by atoms with Crippen LogP contribution in [0.15, 0.2) is 24.3 Å². The maximum atomic E-state index is 12.0. The number of carbonyl (C=O) groups is 2. The van der Waals surface area contributed by atoms with Crippen LogP contribution in [-0.2, 0) is 26.0 Å². The van der Waals surface area contributed by atoms with Gasteiger partial charge in [0.1, 0.15) is 5.75 Å². The summed E-state index contributed by atoms with van der Waals surface area (Å²) in [4.78, 5) is 25.5. The summed E-state index contributed by atoms with van der Waals surface area (Å²) in [6, 6.07) is 7.09. The van der Waals surface area contributed by atoms with Crippen molar-refractivity contribution >= 4 is 21.7 Å². The lowest BCUT2D eigenvalue weighted by atomic mass is 10.1. The summed E-state index contributed by atoms with van der Waals surface area (Å²) in [7, 11) is -1.46. The molecule has 25 heavy (non-hydrogen) atoms. The molecule has 0 saturated carbocycles. The number of carbonyl (C=O) groups excluding carboxylic acids is 2. The van der Waals surface area contributed by atoms with Crippen LogP contribution in [0.5, 0.6) is 5.75 Å². The molecule has 0 radical (unpaired) electrons. The van der Waals surface area contributed by atoms with Crippen molar-refractivity contribution in [3.05, 3.63) is 29.8 Å². The first-order valence-electron chi connectivity index (χ1n) is 8.18. The standard InChI is InChI=1S/C17H24N2O5S/c1-13(20)19(11-14-5-3-4-6-16(14)24-2)9-7-17(21)18-15-8-10-25(22,23)12-15/h3-6,15H,7-12H2,1-2H3,(H,18,21). The van der Waals surface area contributed by atoms with Crippen LogP contribution in [0.25, 0.3) is 0 Å². The van der Waals surface area contributed by atoms with E-state index in [9.17, 15) is 18.0 Å². The van der Waals surface area contributed by atoms with Crippen molar-refractivity contribution in [3.8, 4) is 5.75 Å². The van der Waals surface area contributed by atoms with Crippen molar-refractivity contribution in [2.24, 2.45) is 0 Å². The van der Waals surface area contributed by atoms with Gasteiger partial charge in [-0.3, -0.25) is 9.59 Å². The molecule has 1 saturated heterocycles. The fourth-order valence-corrected chi connectivity index (χ4v) is 4.51. The summed E-state index contributed by atoms with van der Waals surface area (Å²) >= 11 is 0. The first kappa shape index (κ1) is 19.2. The summed E-state index contributed by atoms with van der Waals surface area (Å²) in [5.74, 6) is 0.423. The van der Waals surface area contributed by atoms with Crippen LogP contribution in [-0.4, -0.2) is 56.3 Å². The first-order chi connectivity index (χ1) is 11.8. The summed E-state index contributed by atoms with van der Waals surface area (Å²) in [5.41, 5.74) is 0.863. The van der Waals surface area contributed by atoms with E-state index in [0.29, 0.717) is 18.7 Å². The second-order valence-electron chi connectivity index (χ2n) is 6.17. The minimum absolute atomic E-state index is 0.00359. The Kier molecular flexibility index (Phi) is 6.41. The van der Waals surface area contributed by atoms with Crippen LogP contribution < -0.4 is 10.1 Å². The van der Waals surface area contributed by atoms with E-state index in [4.69, 9.17) is 4.74 Å². The smallest absolute Gasteiger partial charge is 0.222 e. The number of nitrogens with zero attached hydrogens (tertiary/aromatic N) is 1. The predicted octanol–water partition coefficient (Wildman–Crippen LogP) is 0.737. The number of hydrogen-bond donors (Lipinski definition) is 1. The minimum atomic E-state index is -3.03. The molecule has 1 aromatic rings. The number of methoxy groups -OCH3 is 1. The van der Waals surface area contributed by atoms with Gasteiger partial charge in [-0.25, -0.2) is 8.42 Å². The SMILES string of the molecule is COc1ccccc1CN(CCC(=O)NC1CCS(=O)(=O)C1)C(C)=O. The monoisotopic (exact) mass is 368 g/mol. The lowest BCUT2D eigenvalue weighted by Gasteiger charge is -2.22. The Balaban J connectivity index is 1.89. The van der Waals surface area contributed by atoms with Crippen molar-refractivity contribution in [3.63, 3.8) is 0 Å². The molecule has 7 nitrogen and oxygen atoms in total. The van der Waals surface area contributed by atoms with Crippen molar-refractivity contribution in [1.29, 1.82) is 0 Å². The van der Waals surface area contributed by atoms with E-state index >= 15 is 0 Å². The average molecular weight is 368 g/mol. The molecule has 1 atom stereocenters. The fraction of sp³-hybridized carbons (Fsp3) is 0.529. The molecule has 1 N–H and O–H groups in total. The Morgan fingerprint density at radius 1 is 1.32 bits per heavy atom. The van der Waals surface area contributed by atoms with Gasteiger partial charge in [0.15, 0.2) is 9.84 Å². The van der Waals surface area contributed by atoms with Gasteiger partial charge in [-0.05, 0) is 12.5 Å². The fourth-order valence-electron chi connectivity index (χ4n) is 2.83. The number of nitrogens with one attached hydrogen (secondary N) is 1. The van der Waals surface area contributed by atoms with Gasteiger partial charge in [0.2, 0.25) is 11.8 Å². The zero-order valence-electron chi connectivity index (χ0n) is 14.5. The van der Waals surface area contributed by atoms with E-state index in [2.05, 4.69) is 5.32 Å². The lowest BCUT2D eigenvalue weighted by Crippen LogP contribution is -2.38. The van der Waals surface area contributed by atoms with Crippen molar-refractivity contribution in [2.75, 3.05) is 25.2 Å². The van der Waals surface area contributed by atoms with Crippen LogP contribution in [0, 0.1) is 0 Å². The van der Waals surface area contributed by atoms with E-state index in [1.54, 1.807) is 12.0 Å². The normalized spacial score (nSPS) is 18.6. The highest BCUT2D eigenvalue weighted by molar-refractivity contribution is 7.91. The lowest BCUT2D eigenvalue weighted by molar-refractivity contribution is -0.130. The molecule has 1 aliphatic rings. The second kappa shape index (κ2) is 8.33. The zero-order valence-corrected chi connectivity index (χ0v) is 15.3. The van der Waals surface area contributed by atoms with Gasteiger partial charge >= 0.3 is 0 Å². The van der Waals surface area contributed by atoms with Gasteiger partial charge in [0, 0.05) is 38.0 Å². The third-order valence-corrected chi connectivity index (χ3v) is 5.97. The number of para-hydroxylation sites is 1. The number of sulfone groups is 1. The molecule has 1 fully saturated rings. The maximum absolute atomic E-state index is 12.0. The van der Waals surface area contributed by atoms with Crippen LogP contribution in [0.1, 0.15) is 25.3 Å². The Bertz CT molecular complexity index is 732. The van der Waals surface area contributed by atoms with Gasteiger partial charge < -0.3 is 15.0 Å². The zero-order chi connectivity index (χ0) is 18.4. The molecule has 2 amide bonds. The van der Waals surface area contributed by atoms with Crippen molar-refractivity contribution in [2.45, 2.75) is 32.4 Å². The molecule has 0 aromatic heterocycles. The van der Waals surface area contributed by atoms with E-state index in [-0.39, 0.29) is 42.3 Å². The molecule has 1 unspecified atom stereocenters. The Morgan fingerprint density at radius 2 is 2.04 bits per heavy atom. The molecular formula is C17H24N2O5S. The highest BCUT2D eigenvalue weighted by Crippen LogP contribution is 2.19. The predicted molar refractivity (Wildman–Crippen MR) is 93.9 cm³/mol. The number of amides is 2. The van der Waals surface area contributed by atoms with Gasteiger partial charge in [-0.2, -0.15) is 0 Å². The number of ether oxygens (including phenoxy) is 1. The van der Waals surface area contributed by atoms with Crippen molar-refractivity contribution in [1.82, 2.24) is 10.2 Å². The number of benzene rings is 1. The van der Waals surface area contributed by atoms with Gasteiger partial charge in [-0.1, -0.05) is 18.2 Å². The van der Waals surface area contributed by atoms with Crippen molar-refractivity contribution < 1.29 is 22.7 Å². The number of hydrogen-bond acceptors (Lipinski definition) is 5. The first-order valence-corrected chi connectivity index (χ1v) is 10.00. The summed E-state index contributed by atoms with van der Waals surface area (Å²) in [5, 5.41) is 2.73. The van der Waals surface area contributed by atoms with E-state index in [0.717, 1.165) is 5.56 Å². The van der Waals surface area contributed by atoms with Gasteiger partial charge in [-0.15, -0.1) is 0 Å². The molecule has 1 aliphatic heterocycles. The summed E-state index contributed by atoms with van der Waals surface area (Å²) in [6.45, 7) is 2.07. The average Bonchev–Trinajstić information content (AvgIpc) is 2.90. The van der Waals surface area contributed by atoms with E-state index in [1.807, 2.05) is 24.3 Å². The molecule has 2 rings (SSSR count). The quantitative estimate of drug-likeness (QED) is 0.766. The Morgan fingerprint density at radius 3 is 2.64 bits per heavy atom. The summed E-state index contributed by atoms with van der Waals surface area (Å²) in [6.07, 6.45) is 0.580. The minimum Gasteiger partial charge on any atom is -0.496 e. The highest BCUT2D eigenvalue weighted by atomic mass is 32.2. The summed E-state index contributed by atoms with van der Waals surface area (Å²) < 4.78 is 28.1. The van der Waals surface area contributed by atoms with Gasteiger partial charge in [0.25, 0.3) is 0 Å². The molecule has 1 aromatic carbocycles. The van der Waals surface area contributed by atoms with Crippen LogP contribution in [0.4, 0.5) is 0 Å². The van der Waals surface area contributed by atoms with Gasteiger partial charge in [0.05, 0.1) is 18.6 Å². The molecule has 8 heteroatoms. The molecule has 0 bridgehead atoms. The molecule has 0 aliphatic carbocycles. The molecule has 0 spiro atoms. The Labute approximate surface area is 148 Å². The van der Waals surface area contributed by atoms with Crippen LogP contribution >= 0.6 is 0 Å². The second-order valence-corrected chi connectivity index (χ2v) is 8.40. The van der Waals surface area contributed by atoms with Crippen LogP contribution in [0.2, 0.25) is 0 Å². The Hall–Kier alpha value is -2.09. The molecule has 1 heterocycles.